The highest BCUT2D eigenvalue weighted by molar-refractivity contribution is 5.88. The van der Waals surface area contributed by atoms with Crippen LogP contribution in [-0.2, 0) is 0 Å². The number of aromatic nitrogens is 4. The zero-order valence-electron chi connectivity index (χ0n) is 9.81. The molecule has 3 rings (SSSR count). The molecule has 0 radical (unpaired) electrons. The van der Waals surface area contributed by atoms with Gasteiger partial charge in [-0.15, -0.1) is 0 Å². The number of nitrogens with one attached hydrogen (secondary N) is 1. The van der Waals surface area contributed by atoms with Crippen LogP contribution in [0, 0.1) is 6.92 Å². The van der Waals surface area contributed by atoms with Crippen LogP contribution in [-0.4, -0.2) is 19.9 Å². The average molecular weight is 240 g/mol. The van der Waals surface area contributed by atoms with E-state index in [0.29, 0.717) is 28.5 Å². The van der Waals surface area contributed by atoms with Crippen molar-refractivity contribution in [1.82, 2.24) is 19.9 Å². The molecule has 0 aliphatic heterocycles. The Bertz CT molecular complexity index is 731. The van der Waals surface area contributed by atoms with Crippen LogP contribution in [0.25, 0.3) is 22.7 Å². The summed E-state index contributed by atoms with van der Waals surface area (Å²) >= 11 is 0. The zero-order chi connectivity index (χ0) is 12.7. The van der Waals surface area contributed by atoms with Gasteiger partial charge < -0.3 is 16.5 Å². The molecule has 3 aromatic rings. The van der Waals surface area contributed by atoms with Crippen molar-refractivity contribution < 1.29 is 0 Å². The fourth-order valence-corrected chi connectivity index (χ4v) is 1.83. The molecule has 6 nitrogen and oxygen atoms in total. The number of hydrogen-bond donors (Lipinski definition) is 3. The maximum atomic E-state index is 5.87. The molecule has 3 aromatic heterocycles. The number of H-pyrrole nitrogens is 1. The lowest BCUT2D eigenvalue weighted by Gasteiger charge is -1.96. The molecule has 3 heterocycles. The lowest BCUT2D eigenvalue weighted by molar-refractivity contribution is 1.16. The van der Waals surface area contributed by atoms with E-state index < -0.39 is 0 Å². The Labute approximate surface area is 103 Å². The van der Waals surface area contributed by atoms with E-state index in [-0.39, 0.29) is 0 Å². The second-order valence-corrected chi connectivity index (χ2v) is 4.08. The first-order valence-electron chi connectivity index (χ1n) is 5.49. The van der Waals surface area contributed by atoms with E-state index in [9.17, 15) is 0 Å². The van der Waals surface area contributed by atoms with E-state index in [0.717, 1.165) is 11.4 Å². The minimum Gasteiger partial charge on any atom is -0.397 e. The van der Waals surface area contributed by atoms with Crippen LogP contribution in [0.2, 0.25) is 0 Å². The Morgan fingerprint density at radius 3 is 2.72 bits per heavy atom. The maximum Gasteiger partial charge on any atom is 0.182 e. The summed E-state index contributed by atoms with van der Waals surface area (Å²) in [5.41, 5.74) is 14.9. The number of aromatic amines is 1. The summed E-state index contributed by atoms with van der Waals surface area (Å²) in [7, 11) is 0. The summed E-state index contributed by atoms with van der Waals surface area (Å²) in [6, 6.07) is 7.34. The molecular formula is C12H12N6. The highest BCUT2D eigenvalue weighted by atomic mass is 15.0. The largest absolute Gasteiger partial charge is 0.397 e. The number of fused-ring (bicyclic) bond motifs is 1. The zero-order valence-corrected chi connectivity index (χ0v) is 9.81. The third-order valence-corrected chi connectivity index (χ3v) is 2.64. The van der Waals surface area contributed by atoms with Crippen LogP contribution < -0.4 is 11.5 Å². The second-order valence-electron chi connectivity index (χ2n) is 4.08. The van der Waals surface area contributed by atoms with Crippen molar-refractivity contribution in [2.24, 2.45) is 0 Å². The number of rotatable bonds is 1. The highest BCUT2D eigenvalue weighted by Crippen LogP contribution is 2.23. The predicted molar refractivity (Wildman–Crippen MR) is 70.7 cm³/mol. The minimum atomic E-state index is 0.357. The lowest BCUT2D eigenvalue weighted by atomic mass is 10.3. The Kier molecular flexibility index (Phi) is 2.16. The molecule has 0 saturated carbocycles. The number of pyridine rings is 2. The molecule has 0 aliphatic rings. The van der Waals surface area contributed by atoms with E-state index in [1.807, 2.05) is 25.1 Å². The molecule has 5 N–H and O–H groups in total. The van der Waals surface area contributed by atoms with Gasteiger partial charge >= 0.3 is 0 Å². The van der Waals surface area contributed by atoms with Gasteiger partial charge in [0.05, 0.1) is 5.69 Å². The van der Waals surface area contributed by atoms with E-state index in [2.05, 4.69) is 19.9 Å². The highest BCUT2D eigenvalue weighted by Gasteiger charge is 2.10. The molecule has 90 valence electrons. The SMILES string of the molecule is Cc1cccc(-c2nc3nc(N)cc(N)c3[nH]2)n1. The molecule has 0 spiro atoms. The third-order valence-electron chi connectivity index (χ3n) is 2.64. The summed E-state index contributed by atoms with van der Waals surface area (Å²) in [5, 5.41) is 0. The lowest BCUT2D eigenvalue weighted by Crippen LogP contribution is -1.94. The standard InChI is InChI=1S/C12H12N6/c1-6-3-2-4-8(15-6)11-17-10-7(13)5-9(14)16-12(10)18-11/h2-5H,1H3,(H5,13,14,16,17,18). The van der Waals surface area contributed by atoms with E-state index in [1.54, 1.807) is 6.07 Å². The first kappa shape index (κ1) is 10.5. The Balaban J connectivity index is 2.22. The summed E-state index contributed by atoms with van der Waals surface area (Å²) < 4.78 is 0. The quantitative estimate of drug-likeness (QED) is 0.597. The predicted octanol–water partition coefficient (Wildman–Crippen LogP) is 1.49. The normalized spacial score (nSPS) is 10.9. The molecular weight excluding hydrogens is 228 g/mol. The summed E-state index contributed by atoms with van der Waals surface area (Å²) in [5.74, 6) is 0.994. The molecule has 0 bridgehead atoms. The van der Waals surface area contributed by atoms with E-state index in [1.165, 1.54) is 0 Å². The van der Waals surface area contributed by atoms with Gasteiger partial charge in [0.15, 0.2) is 11.5 Å². The summed E-state index contributed by atoms with van der Waals surface area (Å²) in [6.07, 6.45) is 0. The number of aryl methyl sites for hydroxylation is 1. The number of anilines is 2. The third kappa shape index (κ3) is 1.64. The Hall–Kier alpha value is -2.63. The first-order valence-corrected chi connectivity index (χ1v) is 5.49. The average Bonchev–Trinajstić information content (AvgIpc) is 2.73. The van der Waals surface area contributed by atoms with Gasteiger partial charge in [0.25, 0.3) is 0 Å². The minimum absolute atomic E-state index is 0.357. The molecule has 0 aliphatic carbocycles. The Morgan fingerprint density at radius 2 is 1.94 bits per heavy atom. The number of hydrogen-bond acceptors (Lipinski definition) is 5. The number of imidazole rings is 1. The number of nitrogen functional groups attached to an aromatic ring is 2. The molecule has 0 saturated heterocycles. The van der Waals surface area contributed by atoms with Gasteiger partial charge in [-0.2, -0.15) is 0 Å². The monoisotopic (exact) mass is 240 g/mol. The fraction of sp³-hybridized carbons (Fsp3) is 0.0833. The fourth-order valence-electron chi connectivity index (χ4n) is 1.83. The molecule has 0 aromatic carbocycles. The van der Waals surface area contributed by atoms with Crippen molar-refractivity contribution in [3.63, 3.8) is 0 Å². The number of nitrogens with zero attached hydrogens (tertiary/aromatic N) is 3. The van der Waals surface area contributed by atoms with Crippen molar-refractivity contribution in [2.75, 3.05) is 11.5 Å². The van der Waals surface area contributed by atoms with Crippen LogP contribution in [0.1, 0.15) is 5.69 Å². The van der Waals surface area contributed by atoms with Crippen molar-refractivity contribution >= 4 is 22.7 Å². The second kappa shape index (κ2) is 3.69. The summed E-state index contributed by atoms with van der Waals surface area (Å²) in [6.45, 7) is 1.93. The summed E-state index contributed by atoms with van der Waals surface area (Å²) in [4.78, 5) is 16.0. The van der Waals surface area contributed by atoms with Gasteiger partial charge in [0, 0.05) is 11.8 Å². The van der Waals surface area contributed by atoms with Crippen molar-refractivity contribution in [2.45, 2.75) is 6.92 Å². The van der Waals surface area contributed by atoms with Crippen LogP contribution >= 0.6 is 0 Å². The first-order chi connectivity index (χ1) is 8.63. The molecule has 0 atom stereocenters. The molecule has 6 heteroatoms. The van der Waals surface area contributed by atoms with Gasteiger partial charge in [-0.05, 0) is 19.1 Å². The van der Waals surface area contributed by atoms with Gasteiger partial charge in [-0.1, -0.05) is 6.07 Å². The Morgan fingerprint density at radius 1 is 1.11 bits per heavy atom. The molecule has 0 fully saturated rings. The van der Waals surface area contributed by atoms with Gasteiger partial charge in [-0.3, -0.25) is 0 Å². The topological polar surface area (TPSA) is 106 Å². The van der Waals surface area contributed by atoms with Crippen molar-refractivity contribution in [3.05, 3.63) is 30.0 Å². The van der Waals surface area contributed by atoms with Crippen LogP contribution in [0.3, 0.4) is 0 Å². The van der Waals surface area contributed by atoms with Gasteiger partial charge in [0.1, 0.15) is 17.0 Å². The van der Waals surface area contributed by atoms with Crippen LogP contribution in [0.5, 0.6) is 0 Å². The van der Waals surface area contributed by atoms with E-state index in [4.69, 9.17) is 11.5 Å². The van der Waals surface area contributed by atoms with Gasteiger partial charge in [0.2, 0.25) is 0 Å². The molecule has 18 heavy (non-hydrogen) atoms. The van der Waals surface area contributed by atoms with Crippen molar-refractivity contribution in [1.29, 1.82) is 0 Å². The smallest absolute Gasteiger partial charge is 0.182 e. The van der Waals surface area contributed by atoms with Crippen molar-refractivity contribution in [3.8, 4) is 11.5 Å². The molecule has 0 unspecified atom stereocenters. The van der Waals surface area contributed by atoms with Crippen LogP contribution in [0.4, 0.5) is 11.5 Å². The molecule has 0 amide bonds. The number of nitrogens with two attached hydrogens (primary N) is 2. The maximum absolute atomic E-state index is 5.87. The van der Waals surface area contributed by atoms with Gasteiger partial charge in [-0.25, -0.2) is 15.0 Å². The van der Waals surface area contributed by atoms with E-state index >= 15 is 0 Å². The van der Waals surface area contributed by atoms with Crippen LogP contribution in [0.15, 0.2) is 24.3 Å².